The number of hydrogen-bond acceptors (Lipinski definition) is 0. The maximum atomic E-state index is 2.53. The zero-order valence-electron chi connectivity index (χ0n) is 23.2. The van der Waals surface area contributed by atoms with E-state index in [0.717, 1.165) is 25.7 Å². The minimum absolute atomic E-state index is 1.03. The highest BCUT2D eigenvalue weighted by atomic mass is 14.4. The van der Waals surface area contributed by atoms with Crippen LogP contribution in [0.25, 0.3) is 66.1 Å². The van der Waals surface area contributed by atoms with Crippen LogP contribution in [0.4, 0.5) is 0 Å². The molecule has 0 saturated heterocycles. The Kier molecular flexibility index (Phi) is 3.87. The van der Waals surface area contributed by atoms with Gasteiger partial charge in [0.2, 0.25) is 0 Å². The number of fused-ring (bicyclic) bond motifs is 17. The van der Waals surface area contributed by atoms with Crippen LogP contribution in [0.5, 0.6) is 0 Å². The molecule has 4 aliphatic rings. The average Bonchev–Trinajstić information content (AvgIpc) is 3.78. The van der Waals surface area contributed by atoms with Gasteiger partial charge in [-0.1, -0.05) is 91.0 Å². The molecule has 7 aromatic carbocycles. The minimum Gasteiger partial charge on any atom is -0.0616 e. The molecule has 0 saturated carbocycles. The van der Waals surface area contributed by atoms with Crippen LogP contribution in [0.2, 0.25) is 0 Å². The van der Waals surface area contributed by atoms with Crippen LogP contribution >= 0.6 is 0 Å². The molecule has 0 bridgehead atoms. The van der Waals surface area contributed by atoms with Crippen molar-refractivity contribution in [1.82, 2.24) is 0 Å². The van der Waals surface area contributed by atoms with Gasteiger partial charge in [-0.15, -0.1) is 0 Å². The molecular formula is C42H26. The summed E-state index contributed by atoms with van der Waals surface area (Å²) >= 11 is 0. The molecule has 42 heavy (non-hydrogen) atoms. The highest BCUT2D eigenvalue weighted by molar-refractivity contribution is 5.98. The lowest BCUT2D eigenvalue weighted by Crippen LogP contribution is -1.93. The summed E-state index contributed by atoms with van der Waals surface area (Å²) in [6, 6.07) is 41.9. The molecule has 0 spiro atoms. The number of rotatable bonds is 0. The van der Waals surface area contributed by atoms with E-state index in [1.165, 1.54) is 88.3 Å². The first-order valence-corrected chi connectivity index (χ1v) is 15.3. The molecule has 0 nitrogen and oxygen atoms in total. The summed E-state index contributed by atoms with van der Waals surface area (Å²) in [6.07, 6.45) is 4.20. The largest absolute Gasteiger partial charge is 0.0616 e. The first-order valence-electron chi connectivity index (χ1n) is 15.3. The zero-order chi connectivity index (χ0) is 27.1. The smallest absolute Gasteiger partial charge is 0.000706 e. The molecule has 0 aromatic heterocycles. The molecular weight excluding hydrogens is 504 g/mol. The third kappa shape index (κ3) is 2.64. The molecule has 4 aliphatic carbocycles. The Morgan fingerprint density at radius 2 is 0.714 bits per heavy atom. The van der Waals surface area contributed by atoms with Gasteiger partial charge in [-0.25, -0.2) is 0 Å². The molecule has 0 unspecified atom stereocenters. The van der Waals surface area contributed by atoms with E-state index in [1.807, 2.05) is 0 Å². The summed E-state index contributed by atoms with van der Waals surface area (Å²) in [5.41, 5.74) is 23.8. The van der Waals surface area contributed by atoms with Crippen molar-refractivity contribution >= 4 is 21.5 Å². The standard InChI is InChI=1S/C42H26/c1-2-7-25-16-35-26(15-24(25)6-1)19-39-33(35)13-11-30-31-12-14-34-37-17-27-20-38-29-8-4-3-5-23(29)9-10-32(38)36(27)18-28(37)21-40(34)42(31)22-41(30)39/h1-18H,19-22H2. The van der Waals surface area contributed by atoms with Crippen LogP contribution < -0.4 is 0 Å². The fourth-order valence-corrected chi connectivity index (χ4v) is 8.90. The van der Waals surface area contributed by atoms with Crippen LogP contribution in [-0.4, -0.2) is 0 Å². The molecule has 7 aromatic rings. The van der Waals surface area contributed by atoms with Gasteiger partial charge < -0.3 is 0 Å². The maximum Gasteiger partial charge on any atom is -0.000706 e. The second kappa shape index (κ2) is 7.46. The Morgan fingerprint density at radius 1 is 0.286 bits per heavy atom. The normalized spacial score (nSPS) is 14.3. The monoisotopic (exact) mass is 530 g/mol. The van der Waals surface area contributed by atoms with Gasteiger partial charge in [0.1, 0.15) is 0 Å². The van der Waals surface area contributed by atoms with E-state index in [0.29, 0.717) is 0 Å². The molecule has 0 atom stereocenters. The Labute approximate surface area is 244 Å². The first-order chi connectivity index (χ1) is 20.8. The molecule has 0 N–H and O–H groups in total. The summed E-state index contributed by atoms with van der Waals surface area (Å²) in [4.78, 5) is 0. The highest BCUT2D eigenvalue weighted by Gasteiger charge is 2.33. The van der Waals surface area contributed by atoms with Gasteiger partial charge >= 0.3 is 0 Å². The Morgan fingerprint density at radius 3 is 1.38 bits per heavy atom. The lowest BCUT2D eigenvalue weighted by atomic mass is 9.95. The summed E-state index contributed by atoms with van der Waals surface area (Å²) in [5.74, 6) is 0. The van der Waals surface area contributed by atoms with E-state index < -0.39 is 0 Å². The van der Waals surface area contributed by atoms with E-state index in [4.69, 9.17) is 0 Å². The molecule has 0 fully saturated rings. The van der Waals surface area contributed by atoms with E-state index in [2.05, 4.69) is 109 Å². The Hall–Kier alpha value is -4.94. The van der Waals surface area contributed by atoms with Crippen molar-refractivity contribution in [2.45, 2.75) is 25.7 Å². The highest BCUT2D eigenvalue weighted by Crippen LogP contribution is 2.52. The average molecular weight is 531 g/mol. The van der Waals surface area contributed by atoms with Crippen molar-refractivity contribution in [2.24, 2.45) is 0 Å². The van der Waals surface area contributed by atoms with Crippen molar-refractivity contribution in [3.05, 3.63) is 154 Å². The van der Waals surface area contributed by atoms with Gasteiger partial charge in [0, 0.05) is 0 Å². The molecule has 194 valence electrons. The maximum absolute atomic E-state index is 2.53. The molecule has 11 rings (SSSR count). The van der Waals surface area contributed by atoms with Crippen LogP contribution in [0.3, 0.4) is 0 Å². The van der Waals surface area contributed by atoms with Crippen molar-refractivity contribution in [2.75, 3.05) is 0 Å². The van der Waals surface area contributed by atoms with Crippen LogP contribution in [0.1, 0.15) is 44.5 Å². The van der Waals surface area contributed by atoms with Gasteiger partial charge in [0.05, 0.1) is 0 Å². The van der Waals surface area contributed by atoms with Crippen molar-refractivity contribution in [3.8, 4) is 44.5 Å². The first kappa shape index (κ1) is 21.8. The second-order valence-corrected chi connectivity index (χ2v) is 12.8. The zero-order valence-corrected chi connectivity index (χ0v) is 23.2. The fourth-order valence-electron chi connectivity index (χ4n) is 8.90. The minimum atomic E-state index is 1.03. The topological polar surface area (TPSA) is 0 Å². The van der Waals surface area contributed by atoms with E-state index in [9.17, 15) is 0 Å². The quantitative estimate of drug-likeness (QED) is 0.183. The Bertz CT molecular complexity index is 2400. The second-order valence-electron chi connectivity index (χ2n) is 12.8. The van der Waals surface area contributed by atoms with Crippen LogP contribution in [-0.2, 0) is 25.7 Å². The predicted octanol–water partition coefficient (Wildman–Crippen LogP) is 10.3. The van der Waals surface area contributed by atoms with Gasteiger partial charge in [-0.3, -0.25) is 0 Å². The molecule has 0 amide bonds. The fraction of sp³-hybridized carbons (Fsp3) is 0.0952. The van der Waals surface area contributed by atoms with Gasteiger partial charge in [-0.05, 0) is 154 Å². The lowest BCUT2D eigenvalue weighted by molar-refractivity contribution is 1.13. The van der Waals surface area contributed by atoms with Crippen molar-refractivity contribution in [3.63, 3.8) is 0 Å². The van der Waals surface area contributed by atoms with E-state index >= 15 is 0 Å². The molecule has 0 radical (unpaired) electrons. The summed E-state index contributed by atoms with van der Waals surface area (Å²) < 4.78 is 0. The molecule has 0 aliphatic heterocycles. The molecule has 0 heterocycles. The third-order valence-corrected chi connectivity index (χ3v) is 10.8. The lowest BCUT2D eigenvalue weighted by Gasteiger charge is -2.09. The SMILES string of the molecule is c1ccc2cc3c(cc2c1)Cc1c-3ccc2c1Cc1c-2ccc2c1Cc1cc3c(cc1-2)Cc1c-3ccc2ccccc12. The summed E-state index contributed by atoms with van der Waals surface area (Å²) in [6.45, 7) is 0. The number of hydrogen-bond donors (Lipinski definition) is 0. The van der Waals surface area contributed by atoms with Crippen LogP contribution in [0, 0.1) is 0 Å². The van der Waals surface area contributed by atoms with Gasteiger partial charge in [-0.2, -0.15) is 0 Å². The summed E-state index contributed by atoms with van der Waals surface area (Å²) in [7, 11) is 0. The number of benzene rings is 7. The van der Waals surface area contributed by atoms with Crippen molar-refractivity contribution in [1.29, 1.82) is 0 Å². The van der Waals surface area contributed by atoms with Crippen molar-refractivity contribution < 1.29 is 0 Å². The van der Waals surface area contributed by atoms with Crippen LogP contribution in [0.15, 0.2) is 109 Å². The summed E-state index contributed by atoms with van der Waals surface area (Å²) in [5, 5.41) is 5.44. The molecule has 0 heteroatoms. The Balaban J connectivity index is 1.01. The van der Waals surface area contributed by atoms with E-state index in [-0.39, 0.29) is 0 Å². The van der Waals surface area contributed by atoms with Gasteiger partial charge in [0.15, 0.2) is 0 Å². The predicted molar refractivity (Wildman–Crippen MR) is 174 cm³/mol. The van der Waals surface area contributed by atoms with E-state index in [1.54, 1.807) is 22.3 Å². The third-order valence-electron chi connectivity index (χ3n) is 10.8. The van der Waals surface area contributed by atoms with Gasteiger partial charge in [0.25, 0.3) is 0 Å².